The molecule has 1 saturated heterocycles. The van der Waals surface area contributed by atoms with Gasteiger partial charge in [-0.15, -0.1) is 5.10 Å². The first kappa shape index (κ1) is 23.1. The predicted octanol–water partition coefficient (Wildman–Crippen LogP) is 2.51. The lowest BCUT2D eigenvalue weighted by atomic mass is 9.93. The Bertz CT molecular complexity index is 1160. The summed E-state index contributed by atoms with van der Waals surface area (Å²) in [5.74, 6) is 0.695. The van der Waals surface area contributed by atoms with E-state index < -0.39 is 0 Å². The Morgan fingerprint density at radius 2 is 1.91 bits per heavy atom. The Labute approximate surface area is 200 Å². The summed E-state index contributed by atoms with van der Waals surface area (Å²) in [6.07, 6.45) is 6.67. The van der Waals surface area contributed by atoms with Crippen LogP contribution in [0.15, 0.2) is 29.1 Å². The molecule has 2 fully saturated rings. The molecule has 2 aliphatic rings. The van der Waals surface area contributed by atoms with Crippen LogP contribution in [0.1, 0.15) is 55.1 Å². The van der Waals surface area contributed by atoms with Gasteiger partial charge in [-0.05, 0) is 53.8 Å². The van der Waals surface area contributed by atoms with E-state index in [0.29, 0.717) is 30.6 Å². The van der Waals surface area contributed by atoms with Gasteiger partial charge in [-0.3, -0.25) is 14.6 Å². The van der Waals surface area contributed by atoms with Crippen LogP contribution in [-0.4, -0.2) is 80.9 Å². The summed E-state index contributed by atoms with van der Waals surface area (Å²) in [7, 11) is 1.67. The van der Waals surface area contributed by atoms with Gasteiger partial charge in [-0.2, -0.15) is 0 Å². The fourth-order valence-electron chi connectivity index (χ4n) is 5.60. The third kappa shape index (κ3) is 4.78. The van der Waals surface area contributed by atoms with Gasteiger partial charge in [0.2, 0.25) is 0 Å². The second-order valence-electron chi connectivity index (χ2n) is 9.66. The van der Waals surface area contributed by atoms with Crippen LogP contribution in [0, 0.1) is 6.92 Å². The molecule has 5 rings (SSSR count). The van der Waals surface area contributed by atoms with Crippen LogP contribution in [0.25, 0.3) is 10.9 Å². The van der Waals surface area contributed by atoms with Crippen molar-refractivity contribution in [1.29, 1.82) is 0 Å². The summed E-state index contributed by atoms with van der Waals surface area (Å²) in [4.78, 5) is 21.5. The molecule has 1 aliphatic heterocycles. The van der Waals surface area contributed by atoms with Crippen molar-refractivity contribution in [1.82, 2.24) is 35.0 Å². The lowest BCUT2D eigenvalue weighted by Gasteiger charge is -2.42. The number of hydrogen-bond donors (Lipinski definition) is 1. The fourth-order valence-corrected chi connectivity index (χ4v) is 5.60. The number of aryl methyl sites for hydroxylation is 1. The highest BCUT2D eigenvalue weighted by Gasteiger charge is 2.34. The van der Waals surface area contributed by atoms with Crippen molar-refractivity contribution in [2.75, 3.05) is 39.9 Å². The van der Waals surface area contributed by atoms with E-state index in [1.807, 2.05) is 18.2 Å². The number of pyridine rings is 1. The molecule has 2 aromatic heterocycles. The smallest absolute Gasteiger partial charge is 0.253 e. The zero-order chi connectivity index (χ0) is 23.5. The molecule has 3 aromatic rings. The van der Waals surface area contributed by atoms with Crippen molar-refractivity contribution in [2.45, 2.75) is 57.7 Å². The molecule has 34 heavy (non-hydrogen) atoms. The van der Waals surface area contributed by atoms with Crippen LogP contribution in [0.5, 0.6) is 0 Å². The van der Waals surface area contributed by atoms with Gasteiger partial charge in [0.05, 0.1) is 13.2 Å². The maximum absolute atomic E-state index is 13.3. The fraction of sp³-hybridized carbons (Fsp3) is 0.600. The number of nitrogens with zero attached hydrogens (tertiary/aromatic N) is 6. The number of aromatic nitrogens is 5. The lowest BCUT2D eigenvalue weighted by molar-refractivity contribution is 0.0612. The Morgan fingerprint density at radius 1 is 1.12 bits per heavy atom. The molecule has 9 nitrogen and oxygen atoms in total. The number of piperazine rings is 1. The standard InChI is InChI=1S/C25H35N7O2/c1-18-8-9-22-19(16-18)17-21(25(33)26-22)23(24-27-28-29-32(24)14-15-34-2)31-12-10-30(11-13-31)20-6-4-3-5-7-20/h8-9,16-17,20,23H,3-7,10-15H2,1-2H3,(H,26,33)/t23-/m1/s1. The number of tetrazole rings is 1. The first-order valence-corrected chi connectivity index (χ1v) is 12.5. The van der Waals surface area contributed by atoms with Crippen LogP contribution < -0.4 is 5.56 Å². The number of methoxy groups -OCH3 is 1. The highest BCUT2D eigenvalue weighted by Crippen LogP contribution is 2.30. The van der Waals surface area contributed by atoms with Gasteiger partial charge in [-0.1, -0.05) is 30.9 Å². The minimum Gasteiger partial charge on any atom is -0.383 e. The second-order valence-corrected chi connectivity index (χ2v) is 9.66. The summed E-state index contributed by atoms with van der Waals surface area (Å²) in [6, 6.07) is 8.51. The molecule has 0 unspecified atom stereocenters. The van der Waals surface area contributed by atoms with Gasteiger partial charge in [0.1, 0.15) is 6.04 Å². The number of H-pyrrole nitrogens is 1. The second kappa shape index (κ2) is 10.3. The summed E-state index contributed by atoms with van der Waals surface area (Å²) >= 11 is 0. The van der Waals surface area contributed by atoms with Crippen molar-refractivity contribution in [3.63, 3.8) is 0 Å². The van der Waals surface area contributed by atoms with E-state index in [9.17, 15) is 4.79 Å². The lowest BCUT2D eigenvalue weighted by Crippen LogP contribution is -2.52. The summed E-state index contributed by atoms with van der Waals surface area (Å²) in [5.41, 5.74) is 2.61. The maximum Gasteiger partial charge on any atom is 0.253 e. The maximum atomic E-state index is 13.3. The van der Waals surface area contributed by atoms with Crippen molar-refractivity contribution in [3.05, 3.63) is 51.6 Å². The zero-order valence-corrected chi connectivity index (χ0v) is 20.2. The number of nitrogens with one attached hydrogen (secondary N) is 1. The van der Waals surface area contributed by atoms with Gasteiger partial charge < -0.3 is 9.72 Å². The zero-order valence-electron chi connectivity index (χ0n) is 20.2. The number of ether oxygens (including phenoxy) is 1. The summed E-state index contributed by atoms with van der Waals surface area (Å²) < 4.78 is 7.05. The topological polar surface area (TPSA) is 92.2 Å². The minimum absolute atomic E-state index is 0.0858. The first-order chi connectivity index (χ1) is 16.6. The molecular weight excluding hydrogens is 430 g/mol. The molecule has 3 heterocycles. The van der Waals surface area contributed by atoms with Crippen LogP contribution in [-0.2, 0) is 11.3 Å². The van der Waals surface area contributed by atoms with Crippen molar-refractivity contribution in [3.8, 4) is 0 Å². The van der Waals surface area contributed by atoms with Gasteiger partial charge in [0.25, 0.3) is 5.56 Å². The molecule has 182 valence electrons. The SMILES string of the molecule is COCCn1nnnc1[C@@H](c1cc2cc(C)ccc2[nH]c1=O)N1CCN(C2CCCCC2)CC1. The molecular formula is C25H35N7O2. The summed E-state index contributed by atoms with van der Waals surface area (Å²) in [6.45, 7) is 6.89. The van der Waals surface area contributed by atoms with Crippen LogP contribution in [0.4, 0.5) is 0 Å². The normalized spacial score (nSPS) is 19.6. The number of aromatic amines is 1. The van der Waals surface area contributed by atoms with E-state index in [1.54, 1.807) is 11.8 Å². The number of benzene rings is 1. The van der Waals surface area contributed by atoms with Gasteiger partial charge in [-0.25, -0.2) is 4.68 Å². The first-order valence-electron chi connectivity index (χ1n) is 12.5. The molecule has 1 aromatic carbocycles. The molecule has 0 spiro atoms. The Hall–Kier alpha value is -2.62. The van der Waals surface area contributed by atoms with Gasteiger partial charge in [0.15, 0.2) is 5.82 Å². The van der Waals surface area contributed by atoms with Crippen LogP contribution >= 0.6 is 0 Å². The van der Waals surface area contributed by atoms with E-state index >= 15 is 0 Å². The largest absolute Gasteiger partial charge is 0.383 e. The monoisotopic (exact) mass is 465 g/mol. The molecule has 1 atom stereocenters. The Balaban J connectivity index is 1.49. The number of fused-ring (bicyclic) bond motifs is 1. The Kier molecular flexibility index (Phi) is 7.03. The number of rotatable bonds is 7. The quantitative estimate of drug-likeness (QED) is 0.573. The van der Waals surface area contributed by atoms with Gasteiger partial charge >= 0.3 is 0 Å². The van der Waals surface area contributed by atoms with Crippen molar-refractivity contribution in [2.24, 2.45) is 0 Å². The van der Waals surface area contributed by atoms with E-state index in [1.165, 1.54) is 32.1 Å². The highest BCUT2D eigenvalue weighted by molar-refractivity contribution is 5.79. The van der Waals surface area contributed by atoms with E-state index in [0.717, 1.165) is 42.6 Å². The number of hydrogen-bond acceptors (Lipinski definition) is 7. The molecule has 9 heteroatoms. The average Bonchev–Trinajstić information content (AvgIpc) is 3.32. The predicted molar refractivity (Wildman–Crippen MR) is 131 cm³/mol. The Morgan fingerprint density at radius 3 is 2.68 bits per heavy atom. The molecule has 1 aliphatic carbocycles. The van der Waals surface area contributed by atoms with E-state index in [4.69, 9.17) is 4.74 Å². The van der Waals surface area contributed by atoms with Crippen molar-refractivity contribution < 1.29 is 4.74 Å². The molecule has 0 radical (unpaired) electrons. The van der Waals surface area contributed by atoms with E-state index in [2.05, 4.69) is 43.3 Å². The van der Waals surface area contributed by atoms with Crippen molar-refractivity contribution >= 4 is 10.9 Å². The minimum atomic E-state index is -0.311. The van der Waals surface area contributed by atoms with Crippen LogP contribution in [0.2, 0.25) is 0 Å². The molecule has 0 amide bonds. The summed E-state index contributed by atoms with van der Waals surface area (Å²) in [5, 5.41) is 13.6. The van der Waals surface area contributed by atoms with E-state index in [-0.39, 0.29) is 11.6 Å². The third-order valence-corrected chi connectivity index (χ3v) is 7.44. The molecule has 0 bridgehead atoms. The molecule has 1 saturated carbocycles. The average molecular weight is 466 g/mol. The highest BCUT2D eigenvalue weighted by atomic mass is 16.5. The van der Waals surface area contributed by atoms with Crippen LogP contribution in [0.3, 0.4) is 0 Å². The molecule has 1 N–H and O–H groups in total. The third-order valence-electron chi connectivity index (χ3n) is 7.44. The van der Waals surface area contributed by atoms with Gasteiger partial charge in [0, 0.05) is 50.4 Å².